The van der Waals surface area contributed by atoms with Gasteiger partial charge in [-0.1, -0.05) is 74.5 Å². The maximum absolute atomic E-state index is 7.29. The zero-order chi connectivity index (χ0) is 29.2. The molecule has 230 valence electrons. The molecule has 0 aromatic heterocycles. The van der Waals surface area contributed by atoms with E-state index in [1.54, 1.807) is 0 Å². The standard InChI is InChI=1S/C37H52O5/c1-27-12-11-20-39-31-17-18-36(3)32(41-34(27)31)22-30-23-35(2,19-21-38-25-28-13-7-5-8-14-28)33(24-37(30,4)42-36)40-26-29-15-9-6-10-16-29/h5-10,13-16,27,30-34H,11-12,17-26H2,1-4H3/t27-,30?,31?,32?,33?,34?,35-,36-,37+/m1/s1. The van der Waals surface area contributed by atoms with Gasteiger partial charge in [0, 0.05) is 19.6 Å². The van der Waals surface area contributed by atoms with Gasteiger partial charge in [0.1, 0.15) is 0 Å². The second-order valence-electron chi connectivity index (χ2n) is 14.5. The van der Waals surface area contributed by atoms with Crippen LogP contribution in [0, 0.1) is 17.3 Å². The molecule has 0 N–H and O–H groups in total. The Kier molecular flexibility index (Phi) is 9.15. The lowest BCUT2D eigenvalue weighted by molar-refractivity contribution is -0.296. The molecule has 4 fully saturated rings. The maximum Gasteiger partial charge on any atom is 0.0923 e. The first kappa shape index (κ1) is 30.3. The molecule has 5 heteroatoms. The molecule has 42 heavy (non-hydrogen) atoms. The summed E-state index contributed by atoms with van der Waals surface area (Å²) in [5, 5.41) is 0. The molecule has 4 aliphatic rings. The summed E-state index contributed by atoms with van der Waals surface area (Å²) in [6.07, 6.45) is 8.75. The molecule has 0 spiro atoms. The molecule has 0 radical (unpaired) electrons. The highest BCUT2D eigenvalue weighted by molar-refractivity contribution is 5.15. The predicted octanol–water partition coefficient (Wildman–Crippen LogP) is 7.90. The second kappa shape index (κ2) is 12.7. The largest absolute Gasteiger partial charge is 0.377 e. The Balaban J connectivity index is 1.20. The van der Waals surface area contributed by atoms with Crippen molar-refractivity contribution in [2.24, 2.45) is 17.3 Å². The van der Waals surface area contributed by atoms with Gasteiger partial charge in [-0.25, -0.2) is 0 Å². The quantitative estimate of drug-likeness (QED) is 0.299. The van der Waals surface area contributed by atoms with Gasteiger partial charge >= 0.3 is 0 Å². The van der Waals surface area contributed by atoms with Crippen LogP contribution in [0.2, 0.25) is 0 Å². The van der Waals surface area contributed by atoms with Crippen molar-refractivity contribution >= 4 is 0 Å². The van der Waals surface area contributed by atoms with E-state index in [9.17, 15) is 0 Å². The zero-order valence-corrected chi connectivity index (χ0v) is 26.3. The molecule has 1 saturated carbocycles. The number of fused-ring (bicyclic) bond motifs is 3. The molecule has 0 bridgehead atoms. The Morgan fingerprint density at radius 1 is 0.857 bits per heavy atom. The van der Waals surface area contributed by atoms with Gasteiger partial charge in [-0.05, 0) is 87.2 Å². The van der Waals surface area contributed by atoms with E-state index in [1.807, 2.05) is 0 Å². The Hall–Kier alpha value is -1.76. The van der Waals surface area contributed by atoms with Crippen molar-refractivity contribution in [2.75, 3.05) is 13.2 Å². The van der Waals surface area contributed by atoms with Crippen molar-refractivity contribution in [1.29, 1.82) is 0 Å². The lowest BCUT2D eigenvalue weighted by Gasteiger charge is -2.60. The summed E-state index contributed by atoms with van der Waals surface area (Å²) in [5.41, 5.74) is 1.86. The lowest BCUT2D eigenvalue weighted by atomic mass is 9.58. The average Bonchev–Trinajstić information content (AvgIpc) is 3.24. The Labute approximate surface area is 253 Å². The molecule has 2 aromatic rings. The first-order chi connectivity index (χ1) is 20.3. The van der Waals surface area contributed by atoms with Gasteiger partial charge < -0.3 is 23.7 Å². The topological polar surface area (TPSA) is 46.2 Å². The van der Waals surface area contributed by atoms with Crippen molar-refractivity contribution in [3.05, 3.63) is 71.8 Å². The van der Waals surface area contributed by atoms with Crippen LogP contribution in [0.4, 0.5) is 0 Å². The fourth-order valence-electron chi connectivity index (χ4n) is 8.38. The summed E-state index contributed by atoms with van der Waals surface area (Å²) < 4.78 is 33.8. The number of hydrogen-bond acceptors (Lipinski definition) is 5. The highest BCUT2D eigenvalue weighted by atomic mass is 16.6. The minimum absolute atomic E-state index is 0.0151. The molecule has 3 heterocycles. The van der Waals surface area contributed by atoms with E-state index < -0.39 is 0 Å². The molecule has 0 amide bonds. The molecule has 3 saturated heterocycles. The van der Waals surface area contributed by atoms with Crippen LogP contribution in [-0.2, 0) is 36.9 Å². The third kappa shape index (κ3) is 6.51. The van der Waals surface area contributed by atoms with E-state index in [0.717, 1.165) is 58.2 Å². The normalized spacial score (nSPS) is 40.2. The van der Waals surface area contributed by atoms with Crippen LogP contribution in [0.1, 0.15) is 90.2 Å². The molecule has 5 nitrogen and oxygen atoms in total. The van der Waals surface area contributed by atoms with Crippen LogP contribution >= 0.6 is 0 Å². The third-order valence-electron chi connectivity index (χ3n) is 11.1. The second-order valence-corrected chi connectivity index (χ2v) is 14.5. The van der Waals surface area contributed by atoms with Gasteiger partial charge in [-0.2, -0.15) is 0 Å². The van der Waals surface area contributed by atoms with E-state index >= 15 is 0 Å². The predicted molar refractivity (Wildman–Crippen MR) is 165 cm³/mol. The molecule has 6 rings (SSSR count). The molecule has 2 aromatic carbocycles. The summed E-state index contributed by atoms with van der Waals surface area (Å²) in [7, 11) is 0. The van der Waals surface area contributed by atoms with Crippen LogP contribution in [0.15, 0.2) is 60.7 Å². The van der Waals surface area contributed by atoms with E-state index in [-0.39, 0.29) is 41.0 Å². The SMILES string of the molecule is C[C@@H]1CCCOC2CC[C@@]3(C)O[C@@]4(C)CC(OCc5ccccc5)[C@](C)(CCOCc5ccccc5)CC4CC3OC21. The third-order valence-corrected chi connectivity index (χ3v) is 11.1. The number of ether oxygens (including phenoxy) is 5. The fourth-order valence-corrected chi connectivity index (χ4v) is 8.38. The first-order valence-corrected chi connectivity index (χ1v) is 16.5. The van der Waals surface area contributed by atoms with Crippen LogP contribution < -0.4 is 0 Å². The van der Waals surface area contributed by atoms with E-state index in [2.05, 4.69) is 88.4 Å². The van der Waals surface area contributed by atoms with Gasteiger partial charge in [0.05, 0.1) is 48.8 Å². The van der Waals surface area contributed by atoms with Crippen LogP contribution in [0.25, 0.3) is 0 Å². The van der Waals surface area contributed by atoms with Gasteiger partial charge in [0.2, 0.25) is 0 Å². The number of rotatable bonds is 8. The van der Waals surface area contributed by atoms with Crippen molar-refractivity contribution in [3.8, 4) is 0 Å². The molecule has 5 unspecified atom stereocenters. The highest BCUT2D eigenvalue weighted by Crippen LogP contribution is 2.57. The minimum atomic E-state index is -0.308. The van der Waals surface area contributed by atoms with Crippen molar-refractivity contribution in [2.45, 2.75) is 128 Å². The molecular formula is C37H52O5. The first-order valence-electron chi connectivity index (χ1n) is 16.5. The summed E-state index contributed by atoms with van der Waals surface area (Å²) >= 11 is 0. The fraction of sp³-hybridized carbons (Fsp3) is 0.676. The molecule has 9 atom stereocenters. The average molecular weight is 577 g/mol. The van der Waals surface area contributed by atoms with Crippen LogP contribution in [0.5, 0.6) is 0 Å². The maximum atomic E-state index is 7.29. The smallest absolute Gasteiger partial charge is 0.0923 e. The van der Waals surface area contributed by atoms with Crippen molar-refractivity contribution in [1.82, 2.24) is 0 Å². The summed E-state index contributed by atoms with van der Waals surface area (Å²) in [6, 6.07) is 21.0. The molecular weight excluding hydrogens is 524 g/mol. The number of benzene rings is 2. The minimum Gasteiger partial charge on any atom is -0.377 e. The van der Waals surface area contributed by atoms with Crippen molar-refractivity contribution < 1.29 is 23.7 Å². The van der Waals surface area contributed by atoms with Gasteiger partial charge in [0.25, 0.3) is 0 Å². The lowest BCUT2D eigenvalue weighted by Crippen LogP contribution is -2.64. The van der Waals surface area contributed by atoms with E-state index in [0.29, 0.717) is 25.0 Å². The molecule has 3 aliphatic heterocycles. The van der Waals surface area contributed by atoms with Gasteiger partial charge in [-0.3, -0.25) is 0 Å². The Morgan fingerprint density at radius 3 is 2.31 bits per heavy atom. The summed E-state index contributed by atoms with van der Waals surface area (Å²) in [6.45, 7) is 12.3. The summed E-state index contributed by atoms with van der Waals surface area (Å²) in [4.78, 5) is 0. The Bertz CT molecular complexity index is 1140. The van der Waals surface area contributed by atoms with Gasteiger partial charge in [-0.15, -0.1) is 0 Å². The Morgan fingerprint density at radius 2 is 1.57 bits per heavy atom. The van der Waals surface area contributed by atoms with Gasteiger partial charge in [0.15, 0.2) is 0 Å². The zero-order valence-electron chi connectivity index (χ0n) is 26.3. The van der Waals surface area contributed by atoms with E-state index in [1.165, 1.54) is 17.5 Å². The molecule has 1 aliphatic carbocycles. The summed E-state index contributed by atoms with van der Waals surface area (Å²) in [5.74, 6) is 0.923. The van der Waals surface area contributed by atoms with Crippen molar-refractivity contribution in [3.63, 3.8) is 0 Å². The van der Waals surface area contributed by atoms with Crippen LogP contribution in [-0.4, -0.2) is 48.8 Å². The monoisotopic (exact) mass is 576 g/mol. The number of hydrogen-bond donors (Lipinski definition) is 0. The highest BCUT2D eigenvalue weighted by Gasteiger charge is 2.60. The van der Waals surface area contributed by atoms with E-state index in [4.69, 9.17) is 23.7 Å². The van der Waals surface area contributed by atoms with Crippen LogP contribution in [0.3, 0.4) is 0 Å².